The van der Waals surface area contributed by atoms with Gasteiger partial charge in [-0.3, -0.25) is 0 Å². The Kier molecular flexibility index (Phi) is 6.00. The van der Waals surface area contributed by atoms with Crippen LogP contribution in [-0.4, -0.2) is 26.2 Å². The summed E-state index contributed by atoms with van der Waals surface area (Å²) in [6.45, 7) is 1.99. The quantitative estimate of drug-likeness (QED) is 0.748. The average Bonchev–Trinajstić information content (AvgIpc) is 2.28. The van der Waals surface area contributed by atoms with Crippen molar-refractivity contribution >= 4 is 0 Å². The summed E-state index contributed by atoms with van der Waals surface area (Å²) in [5, 5.41) is 3.06. The van der Waals surface area contributed by atoms with Gasteiger partial charge < -0.3 is 10.1 Å². The van der Waals surface area contributed by atoms with Crippen molar-refractivity contribution in [3.05, 3.63) is 35.6 Å². The largest absolute Gasteiger partial charge is 0.374 e. The summed E-state index contributed by atoms with van der Waals surface area (Å²) in [6.07, 6.45) is -2.43. The highest BCUT2D eigenvalue weighted by atomic mass is 19.3. The molecule has 0 bridgehead atoms. The zero-order valence-corrected chi connectivity index (χ0v) is 9.63. The standard InChI is InChI=1S/C12H16F3NO/c1-9(10-3-2-4-11(13)7-10)16-5-6-17-8-12(14)15/h2-4,7,9,12,16H,5-6,8H2,1H3. The average molecular weight is 247 g/mol. The van der Waals surface area contributed by atoms with E-state index in [1.165, 1.54) is 12.1 Å². The number of ether oxygens (including phenoxy) is 1. The van der Waals surface area contributed by atoms with Crippen LogP contribution in [0.25, 0.3) is 0 Å². The Labute approximate surface area is 98.8 Å². The van der Waals surface area contributed by atoms with Gasteiger partial charge in [-0.05, 0) is 24.6 Å². The van der Waals surface area contributed by atoms with Crippen LogP contribution in [0.3, 0.4) is 0 Å². The molecule has 0 amide bonds. The van der Waals surface area contributed by atoms with Crippen molar-refractivity contribution < 1.29 is 17.9 Å². The SMILES string of the molecule is CC(NCCOCC(F)F)c1cccc(F)c1. The molecule has 0 aliphatic carbocycles. The maximum Gasteiger partial charge on any atom is 0.261 e. The van der Waals surface area contributed by atoms with Gasteiger partial charge in [-0.2, -0.15) is 0 Å². The molecule has 1 N–H and O–H groups in total. The van der Waals surface area contributed by atoms with Crippen LogP contribution in [-0.2, 0) is 4.74 Å². The van der Waals surface area contributed by atoms with Crippen molar-refractivity contribution in [2.24, 2.45) is 0 Å². The number of alkyl halides is 2. The molecule has 0 heterocycles. The normalized spacial score (nSPS) is 13.0. The van der Waals surface area contributed by atoms with Crippen molar-refractivity contribution in [3.8, 4) is 0 Å². The minimum absolute atomic E-state index is 0.0409. The van der Waals surface area contributed by atoms with E-state index < -0.39 is 13.0 Å². The third-order valence-corrected chi connectivity index (χ3v) is 2.29. The van der Waals surface area contributed by atoms with Crippen molar-refractivity contribution in [2.75, 3.05) is 19.8 Å². The summed E-state index contributed by atoms with van der Waals surface area (Å²) in [6, 6.07) is 6.22. The second kappa shape index (κ2) is 7.29. The van der Waals surface area contributed by atoms with Crippen molar-refractivity contribution in [1.82, 2.24) is 5.32 Å². The fraction of sp³-hybridized carbons (Fsp3) is 0.500. The Hall–Kier alpha value is -1.07. The van der Waals surface area contributed by atoms with Crippen LogP contribution in [0.4, 0.5) is 13.2 Å². The smallest absolute Gasteiger partial charge is 0.261 e. The number of halogens is 3. The minimum Gasteiger partial charge on any atom is -0.374 e. The summed E-state index contributed by atoms with van der Waals surface area (Å²) in [5.41, 5.74) is 0.818. The number of benzene rings is 1. The van der Waals surface area contributed by atoms with Crippen molar-refractivity contribution in [1.29, 1.82) is 0 Å². The Morgan fingerprint density at radius 3 is 2.76 bits per heavy atom. The van der Waals surface area contributed by atoms with Gasteiger partial charge in [0.25, 0.3) is 6.43 Å². The highest BCUT2D eigenvalue weighted by molar-refractivity contribution is 5.19. The molecule has 0 aliphatic heterocycles. The minimum atomic E-state index is -2.43. The van der Waals surface area contributed by atoms with Crippen LogP contribution in [0.2, 0.25) is 0 Å². The predicted molar refractivity (Wildman–Crippen MR) is 59.6 cm³/mol. The first-order chi connectivity index (χ1) is 8.09. The Morgan fingerprint density at radius 2 is 2.12 bits per heavy atom. The molecule has 2 nitrogen and oxygen atoms in total. The van der Waals surface area contributed by atoms with E-state index in [4.69, 9.17) is 4.74 Å². The van der Waals surface area contributed by atoms with E-state index in [1.807, 2.05) is 6.92 Å². The lowest BCUT2D eigenvalue weighted by Gasteiger charge is -2.14. The maximum atomic E-state index is 12.9. The van der Waals surface area contributed by atoms with Crippen LogP contribution >= 0.6 is 0 Å². The van der Waals surface area contributed by atoms with Gasteiger partial charge in [-0.15, -0.1) is 0 Å². The summed E-state index contributed by atoms with van der Waals surface area (Å²) >= 11 is 0. The highest BCUT2D eigenvalue weighted by Crippen LogP contribution is 2.12. The first kappa shape index (κ1) is 14.0. The Morgan fingerprint density at radius 1 is 1.35 bits per heavy atom. The lowest BCUT2D eigenvalue weighted by Crippen LogP contribution is -2.24. The van der Waals surface area contributed by atoms with Crippen LogP contribution < -0.4 is 5.32 Å². The number of nitrogens with one attached hydrogen (secondary N) is 1. The van der Waals surface area contributed by atoms with Crippen LogP contribution in [0.5, 0.6) is 0 Å². The second-order valence-electron chi connectivity index (χ2n) is 3.70. The van der Waals surface area contributed by atoms with E-state index in [2.05, 4.69) is 5.32 Å². The van der Waals surface area contributed by atoms with Gasteiger partial charge in [-0.1, -0.05) is 12.1 Å². The van der Waals surface area contributed by atoms with Gasteiger partial charge >= 0.3 is 0 Å². The van der Waals surface area contributed by atoms with E-state index in [1.54, 1.807) is 12.1 Å². The molecule has 0 spiro atoms. The Balaban J connectivity index is 2.23. The third kappa shape index (κ3) is 5.70. The van der Waals surface area contributed by atoms with Crippen molar-refractivity contribution in [2.45, 2.75) is 19.4 Å². The number of hydrogen-bond acceptors (Lipinski definition) is 2. The van der Waals surface area contributed by atoms with Crippen LogP contribution in [0.15, 0.2) is 24.3 Å². The summed E-state index contributed by atoms with van der Waals surface area (Å²) in [7, 11) is 0. The van der Waals surface area contributed by atoms with Crippen molar-refractivity contribution in [3.63, 3.8) is 0 Å². The predicted octanol–water partition coefficient (Wildman–Crippen LogP) is 2.76. The molecule has 0 aromatic heterocycles. The molecular weight excluding hydrogens is 231 g/mol. The highest BCUT2D eigenvalue weighted by Gasteiger charge is 2.05. The fourth-order valence-corrected chi connectivity index (χ4v) is 1.41. The Bertz CT molecular complexity index is 333. The molecule has 0 radical (unpaired) electrons. The van der Waals surface area contributed by atoms with E-state index in [0.717, 1.165) is 5.56 Å². The molecule has 96 valence electrons. The summed E-state index contributed by atoms with van der Waals surface area (Å²) < 4.78 is 41.1. The second-order valence-corrected chi connectivity index (χ2v) is 3.70. The molecule has 5 heteroatoms. The van der Waals surface area contributed by atoms with Gasteiger partial charge in [-0.25, -0.2) is 13.2 Å². The molecule has 17 heavy (non-hydrogen) atoms. The van der Waals surface area contributed by atoms with Gasteiger partial charge in [0.15, 0.2) is 0 Å². The monoisotopic (exact) mass is 247 g/mol. The molecule has 0 aliphatic rings. The lowest BCUT2D eigenvalue weighted by atomic mass is 10.1. The van der Waals surface area contributed by atoms with Crippen LogP contribution in [0, 0.1) is 5.82 Å². The van der Waals surface area contributed by atoms with Gasteiger partial charge in [0.1, 0.15) is 12.4 Å². The number of hydrogen-bond donors (Lipinski definition) is 1. The van der Waals surface area contributed by atoms with Gasteiger partial charge in [0.2, 0.25) is 0 Å². The molecule has 1 aromatic carbocycles. The zero-order chi connectivity index (χ0) is 12.7. The number of rotatable bonds is 7. The topological polar surface area (TPSA) is 21.3 Å². The fourth-order valence-electron chi connectivity index (χ4n) is 1.41. The molecular formula is C12H16F3NO. The third-order valence-electron chi connectivity index (χ3n) is 2.29. The molecule has 1 rings (SSSR count). The van der Waals surface area contributed by atoms with Gasteiger partial charge in [0, 0.05) is 12.6 Å². The molecule has 1 atom stereocenters. The lowest BCUT2D eigenvalue weighted by molar-refractivity contribution is 0.0183. The summed E-state index contributed by atoms with van der Waals surface area (Å²) in [4.78, 5) is 0. The summed E-state index contributed by atoms with van der Waals surface area (Å²) in [5.74, 6) is -0.287. The molecule has 0 fully saturated rings. The first-order valence-corrected chi connectivity index (χ1v) is 5.44. The molecule has 1 aromatic rings. The zero-order valence-electron chi connectivity index (χ0n) is 9.63. The molecule has 0 saturated carbocycles. The molecule has 0 saturated heterocycles. The van der Waals surface area contributed by atoms with E-state index >= 15 is 0 Å². The molecule has 1 unspecified atom stereocenters. The van der Waals surface area contributed by atoms with Gasteiger partial charge in [0.05, 0.1) is 6.61 Å². The maximum absolute atomic E-state index is 12.9. The van der Waals surface area contributed by atoms with E-state index in [9.17, 15) is 13.2 Å². The van der Waals surface area contributed by atoms with E-state index in [0.29, 0.717) is 6.54 Å². The van der Waals surface area contributed by atoms with Crippen LogP contribution in [0.1, 0.15) is 18.5 Å². The first-order valence-electron chi connectivity index (χ1n) is 5.44. The van der Waals surface area contributed by atoms with E-state index in [-0.39, 0.29) is 18.5 Å².